The first kappa shape index (κ1) is 19.1. The molecule has 1 aliphatic carbocycles. The first-order valence-electron chi connectivity index (χ1n) is 11.0. The molecule has 152 valence electrons. The summed E-state index contributed by atoms with van der Waals surface area (Å²) in [7, 11) is 0. The molecule has 2 aromatic rings. The molecule has 1 spiro atoms. The molecule has 2 heterocycles. The molecular weight excluding hydrogens is 380 g/mol. The molecule has 0 N–H and O–H groups in total. The Hall–Kier alpha value is -1.84. The van der Waals surface area contributed by atoms with E-state index in [1.165, 1.54) is 24.0 Å². The van der Waals surface area contributed by atoms with Gasteiger partial charge < -0.3 is 9.80 Å². The third-order valence-electron chi connectivity index (χ3n) is 7.20. The zero-order valence-electron chi connectivity index (χ0n) is 16.9. The van der Waals surface area contributed by atoms with Gasteiger partial charge in [0.05, 0.1) is 16.1 Å². The van der Waals surface area contributed by atoms with Gasteiger partial charge >= 0.3 is 0 Å². The third-order valence-corrected chi connectivity index (χ3v) is 7.50. The van der Waals surface area contributed by atoms with Crippen LogP contribution in [0.15, 0.2) is 48.5 Å². The maximum atomic E-state index is 13.4. The van der Waals surface area contributed by atoms with Gasteiger partial charge in [-0.15, -0.1) is 0 Å². The largest absolute Gasteiger partial charge is 0.310 e. The molecule has 0 bridgehead atoms. The van der Waals surface area contributed by atoms with E-state index in [1.807, 2.05) is 4.90 Å². The van der Waals surface area contributed by atoms with Crippen molar-refractivity contribution >= 4 is 23.2 Å². The minimum absolute atomic E-state index is 0.179. The number of rotatable bonds is 5. The number of anilines is 1. The molecule has 0 aromatic heterocycles. The van der Waals surface area contributed by atoms with Gasteiger partial charge in [-0.05, 0) is 80.8 Å². The Balaban J connectivity index is 1.21. The third kappa shape index (κ3) is 3.83. The van der Waals surface area contributed by atoms with Gasteiger partial charge in [-0.3, -0.25) is 4.79 Å². The number of carbonyl (C=O) groups excluding carboxylic acids is 1. The Morgan fingerprint density at radius 1 is 0.966 bits per heavy atom. The van der Waals surface area contributed by atoms with Crippen LogP contribution in [0.2, 0.25) is 5.02 Å². The predicted octanol–water partition coefficient (Wildman–Crippen LogP) is 5.28. The number of nitrogens with zero attached hydrogens (tertiary/aromatic N) is 2. The van der Waals surface area contributed by atoms with E-state index in [-0.39, 0.29) is 5.41 Å². The highest BCUT2D eigenvalue weighted by Crippen LogP contribution is 2.46. The van der Waals surface area contributed by atoms with Gasteiger partial charge in [0.1, 0.15) is 0 Å². The summed E-state index contributed by atoms with van der Waals surface area (Å²) in [4.78, 5) is 17.9. The second kappa shape index (κ2) is 7.77. The topological polar surface area (TPSA) is 23.6 Å². The fraction of sp³-hybridized carbons (Fsp3) is 0.480. The fourth-order valence-electron chi connectivity index (χ4n) is 5.06. The van der Waals surface area contributed by atoms with Gasteiger partial charge in [0.2, 0.25) is 5.91 Å². The summed E-state index contributed by atoms with van der Waals surface area (Å²) in [6.45, 7) is 3.90. The van der Waals surface area contributed by atoms with Crippen LogP contribution in [-0.2, 0) is 11.2 Å². The van der Waals surface area contributed by atoms with Crippen molar-refractivity contribution in [3.8, 4) is 0 Å². The number of halogens is 1. The maximum absolute atomic E-state index is 13.4. The Kier molecular flexibility index (Phi) is 5.13. The molecule has 1 amide bonds. The van der Waals surface area contributed by atoms with Crippen molar-refractivity contribution in [3.63, 3.8) is 0 Å². The van der Waals surface area contributed by atoms with Gasteiger partial charge in [-0.1, -0.05) is 48.0 Å². The van der Waals surface area contributed by atoms with E-state index < -0.39 is 0 Å². The lowest BCUT2D eigenvalue weighted by Gasteiger charge is -2.38. The predicted molar refractivity (Wildman–Crippen MR) is 119 cm³/mol. The van der Waals surface area contributed by atoms with Gasteiger partial charge in [0.15, 0.2) is 0 Å². The molecule has 3 fully saturated rings. The number of carbonyl (C=O) groups is 1. The van der Waals surface area contributed by atoms with Gasteiger partial charge in [-0.25, -0.2) is 0 Å². The lowest BCUT2D eigenvalue weighted by Crippen LogP contribution is -2.45. The SMILES string of the molecule is O=C1N(c2ccc(C3CC3)cc2Cl)CCC12CCN(CCc1ccccc1)CC2. The summed E-state index contributed by atoms with van der Waals surface area (Å²) < 4.78 is 0. The number of hydrogen-bond acceptors (Lipinski definition) is 2. The van der Waals surface area contributed by atoms with Crippen LogP contribution < -0.4 is 4.90 Å². The van der Waals surface area contributed by atoms with E-state index in [0.29, 0.717) is 11.8 Å². The summed E-state index contributed by atoms with van der Waals surface area (Å²) in [5.41, 5.74) is 3.44. The molecule has 29 heavy (non-hydrogen) atoms. The van der Waals surface area contributed by atoms with Crippen molar-refractivity contribution < 1.29 is 4.79 Å². The van der Waals surface area contributed by atoms with E-state index in [4.69, 9.17) is 11.6 Å². The minimum Gasteiger partial charge on any atom is -0.310 e. The fourth-order valence-corrected chi connectivity index (χ4v) is 5.35. The molecule has 0 unspecified atom stereocenters. The lowest BCUT2D eigenvalue weighted by molar-refractivity contribution is -0.128. The summed E-state index contributed by atoms with van der Waals surface area (Å²) in [5, 5.41) is 0.736. The Bertz CT molecular complexity index is 885. The van der Waals surface area contributed by atoms with Gasteiger partial charge in [0, 0.05) is 13.1 Å². The molecular formula is C25H29ClN2O. The first-order chi connectivity index (χ1) is 14.1. The van der Waals surface area contributed by atoms with E-state index in [0.717, 1.165) is 62.6 Å². The highest BCUT2D eigenvalue weighted by atomic mass is 35.5. The van der Waals surface area contributed by atoms with Crippen LogP contribution in [0.4, 0.5) is 5.69 Å². The second-order valence-corrected chi connectivity index (χ2v) is 9.46. The van der Waals surface area contributed by atoms with E-state index in [2.05, 4.69) is 53.4 Å². The standard InChI is InChI=1S/C25H29ClN2O/c26-22-18-21(20-6-7-20)8-9-23(22)28-17-13-25(24(28)29)11-15-27(16-12-25)14-10-19-4-2-1-3-5-19/h1-5,8-9,18,20H,6-7,10-17H2. The minimum atomic E-state index is -0.179. The second-order valence-electron chi connectivity index (χ2n) is 9.05. The van der Waals surface area contributed by atoms with Gasteiger partial charge in [-0.2, -0.15) is 0 Å². The molecule has 3 nitrogen and oxygen atoms in total. The van der Waals surface area contributed by atoms with Crippen molar-refractivity contribution in [3.05, 3.63) is 64.7 Å². The number of benzene rings is 2. The molecule has 2 saturated heterocycles. The highest BCUT2D eigenvalue weighted by Gasteiger charge is 2.48. The molecule has 3 aliphatic rings. The summed E-state index contributed by atoms with van der Waals surface area (Å²) in [6, 6.07) is 17.0. The zero-order valence-corrected chi connectivity index (χ0v) is 17.7. The highest BCUT2D eigenvalue weighted by molar-refractivity contribution is 6.34. The normalized spacial score (nSPS) is 21.8. The monoisotopic (exact) mass is 408 g/mol. The number of piperidine rings is 1. The molecule has 0 atom stereocenters. The zero-order chi connectivity index (χ0) is 19.8. The van der Waals surface area contributed by atoms with Crippen LogP contribution in [0.3, 0.4) is 0 Å². The molecule has 2 aromatic carbocycles. The molecule has 1 saturated carbocycles. The van der Waals surface area contributed by atoms with Crippen LogP contribution in [0, 0.1) is 5.41 Å². The average molecular weight is 409 g/mol. The van der Waals surface area contributed by atoms with E-state index in [1.54, 1.807) is 0 Å². The van der Waals surface area contributed by atoms with Crippen LogP contribution in [0.25, 0.3) is 0 Å². The molecule has 0 radical (unpaired) electrons. The quantitative estimate of drug-likeness (QED) is 0.672. The van der Waals surface area contributed by atoms with Crippen LogP contribution in [-0.4, -0.2) is 37.0 Å². The van der Waals surface area contributed by atoms with E-state index in [9.17, 15) is 4.79 Å². The van der Waals surface area contributed by atoms with Crippen LogP contribution >= 0.6 is 11.6 Å². The Morgan fingerprint density at radius 2 is 1.69 bits per heavy atom. The smallest absolute Gasteiger partial charge is 0.233 e. The van der Waals surface area contributed by atoms with Gasteiger partial charge in [0.25, 0.3) is 0 Å². The Labute approximate surface area is 178 Å². The van der Waals surface area contributed by atoms with Crippen LogP contribution in [0.1, 0.15) is 49.1 Å². The number of amides is 1. The summed E-state index contributed by atoms with van der Waals surface area (Å²) in [6.07, 6.45) is 6.50. The molecule has 2 aliphatic heterocycles. The van der Waals surface area contributed by atoms with Crippen molar-refractivity contribution in [2.75, 3.05) is 31.1 Å². The maximum Gasteiger partial charge on any atom is 0.233 e. The lowest BCUT2D eigenvalue weighted by atomic mass is 9.77. The Morgan fingerprint density at radius 3 is 2.38 bits per heavy atom. The number of likely N-dealkylation sites (tertiary alicyclic amines) is 1. The van der Waals surface area contributed by atoms with Crippen molar-refractivity contribution in [1.82, 2.24) is 4.90 Å². The molecule has 4 heteroatoms. The summed E-state index contributed by atoms with van der Waals surface area (Å²) in [5.74, 6) is 0.976. The summed E-state index contributed by atoms with van der Waals surface area (Å²) >= 11 is 6.59. The van der Waals surface area contributed by atoms with Crippen molar-refractivity contribution in [1.29, 1.82) is 0 Å². The molecule has 5 rings (SSSR count). The van der Waals surface area contributed by atoms with Crippen LogP contribution in [0.5, 0.6) is 0 Å². The van der Waals surface area contributed by atoms with E-state index >= 15 is 0 Å². The van der Waals surface area contributed by atoms with Crippen molar-refractivity contribution in [2.45, 2.75) is 44.4 Å². The number of hydrogen-bond donors (Lipinski definition) is 0. The average Bonchev–Trinajstić information content (AvgIpc) is 3.56. The van der Waals surface area contributed by atoms with Crippen molar-refractivity contribution in [2.24, 2.45) is 5.41 Å². The first-order valence-corrected chi connectivity index (χ1v) is 11.4.